The molecule has 0 saturated heterocycles. The van der Waals surface area contributed by atoms with Crippen molar-refractivity contribution < 1.29 is 40.3 Å². The number of rotatable bonds is 4. The van der Waals surface area contributed by atoms with Gasteiger partial charge in [0.1, 0.15) is 11.1 Å². The van der Waals surface area contributed by atoms with Crippen molar-refractivity contribution in [2.24, 2.45) is 0 Å². The lowest BCUT2D eigenvalue weighted by molar-refractivity contribution is -0.181. The second-order valence-corrected chi connectivity index (χ2v) is 7.14. The topological polar surface area (TPSA) is 97.5 Å². The Balaban J connectivity index is 1.77. The second kappa shape index (κ2) is 7.70. The highest BCUT2D eigenvalue weighted by Gasteiger charge is 2.60. The summed E-state index contributed by atoms with van der Waals surface area (Å²) in [6.07, 6.45) is -6.00. The summed E-state index contributed by atoms with van der Waals surface area (Å²) in [4.78, 5) is 17.3. The molecule has 0 bridgehead atoms. The van der Waals surface area contributed by atoms with Crippen LogP contribution in [-0.4, -0.2) is 50.2 Å². The van der Waals surface area contributed by atoms with Gasteiger partial charge in [0.2, 0.25) is 5.88 Å². The molecule has 1 aliphatic heterocycles. The molecule has 3 aromatic rings. The molecule has 0 aliphatic carbocycles. The van der Waals surface area contributed by atoms with Gasteiger partial charge in [-0.1, -0.05) is 0 Å². The van der Waals surface area contributed by atoms with Gasteiger partial charge in [0.05, 0.1) is 29.5 Å². The molecule has 0 saturated carbocycles. The Kier molecular flexibility index (Phi) is 5.24. The fraction of sp³-hybridized carbons (Fsp3) is 0.353. The summed E-state index contributed by atoms with van der Waals surface area (Å²) in [6.45, 7) is -3.40. The number of carbonyl (C=O) groups excluding carboxylic acids is 1. The highest BCUT2D eigenvalue weighted by atomic mass is 19.4. The first-order chi connectivity index (χ1) is 15.4. The van der Waals surface area contributed by atoms with Gasteiger partial charge in [0.25, 0.3) is 6.43 Å². The Morgan fingerprint density at radius 2 is 1.94 bits per heavy atom. The van der Waals surface area contributed by atoms with Crippen LogP contribution in [-0.2, 0) is 5.41 Å². The van der Waals surface area contributed by atoms with Crippen molar-refractivity contribution in [1.29, 1.82) is 0 Å². The molecule has 0 aromatic carbocycles. The lowest BCUT2D eigenvalue weighted by atomic mass is 9.88. The summed E-state index contributed by atoms with van der Waals surface area (Å²) in [6, 6.07) is 0.633. The van der Waals surface area contributed by atoms with Gasteiger partial charge in [0.15, 0.2) is 5.65 Å². The second-order valence-electron chi connectivity index (χ2n) is 7.14. The normalized spacial score (nSPS) is 18.3. The molecule has 4 rings (SSSR count). The number of amides is 2. The number of halogens is 7. The van der Waals surface area contributed by atoms with E-state index in [4.69, 9.17) is 0 Å². The van der Waals surface area contributed by atoms with E-state index < -0.39 is 54.5 Å². The van der Waals surface area contributed by atoms with Gasteiger partial charge >= 0.3 is 18.8 Å². The lowest BCUT2D eigenvalue weighted by Crippen LogP contribution is -2.46. The molecule has 0 spiro atoms. The molecule has 9 nitrogen and oxygen atoms in total. The average molecular weight is 479 g/mol. The van der Waals surface area contributed by atoms with E-state index in [-0.39, 0.29) is 17.0 Å². The number of anilines is 2. The van der Waals surface area contributed by atoms with Gasteiger partial charge in [-0.2, -0.15) is 27.1 Å². The zero-order valence-corrected chi connectivity index (χ0v) is 16.3. The Bertz CT molecular complexity index is 1220. The maximum Gasteiger partial charge on any atom is 0.401 e. The molecule has 4 heterocycles. The highest BCUT2D eigenvalue weighted by molar-refractivity contribution is 6.03. The van der Waals surface area contributed by atoms with E-state index in [2.05, 4.69) is 30.3 Å². The standard InChI is InChI=1S/C17H12F7N7O2/c1-16(17(22,23)24)6-30(15(32)27-7-2-8(13(18)19)28-26-4-7)9-5-25-10-3-11(33-14(20)21)29-31(10)12(9)16/h2-5,13-14H,6H2,1H3,(H,27,28,32)/t16-/m1/s1. The van der Waals surface area contributed by atoms with Crippen LogP contribution in [0.1, 0.15) is 24.7 Å². The summed E-state index contributed by atoms with van der Waals surface area (Å²) in [7, 11) is 0. The molecule has 2 amide bonds. The Hall–Kier alpha value is -3.72. The number of fused-ring (bicyclic) bond motifs is 3. The van der Waals surface area contributed by atoms with Gasteiger partial charge in [-0.3, -0.25) is 4.90 Å². The van der Waals surface area contributed by atoms with Crippen LogP contribution in [0.25, 0.3) is 5.65 Å². The molecule has 176 valence electrons. The van der Waals surface area contributed by atoms with E-state index in [1.165, 1.54) is 0 Å². The SMILES string of the molecule is C[C@@]1(C(F)(F)F)CN(C(=O)Nc2cnnc(C(F)F)c2)c2cnc3cc(OC(F)F)nn3c21. The molecule has 0 radical (unpaired) electrons. The number of hydrogen-bond acceptors (Lipinski definition) is 6. The molecule has 0 unspecified atom stereocenters. The molecular formula is C17H12F7N7O2. The first-order valence-electron chi connectivity index (χ1n) is 9.01. The number of hydrogen-bond donors (Lipinski definition) is 1. The number of urea groups is 1. The fourth-order valence-electron chi connectivity index (χ4n) is 3.40. The maximum atomic E-state index is 14.1. The fourth-order valence-corrected chi connectivity index (χ4v) is 3.40. The summed E-state index contributed by atoms with van der Waals surface area (Å²) in [5, 5.41) is 12.3. The minimum Gasteiger partial charge on any atom is -0.415 e. The predicted molar refractivity (Wildman–Crippen MR) is 96.4 cm³/mol. The number of nitrogens with zero attached hydrogens (tertiary/aromatic N) is 6. The predicted octanol–water partition coefficient (Wildman–Crippen LogP) is 3.93. The van der Waals surface area contributed by atoms with Gasteiger partial charge in [-0.15, -0.1) is 10.2 Å². The third-order valence-electron chi connectivity index (χ3n) is 4.96. The average Bonchev–Trinajstić information content (AvgIpc) is 3.25. The quantitative estimate of drug-likeness (QED) is 0.570. The van der Waals surface area contributed by atoms with Crippen LogP contribution in [0.2, 0.25) is 0 Å². The van der Waals surface area contributed by atoms with E-state index >= 15 is 0 Å². The maximum absolute atomic E-state index is 14.1. The van der Waals surface area contributed by atoms with Crippen molar-refractivity contribution in [3.05, 3.63) is 35.9 Å². The number of nitrogens with one attached hydrogen (secondary N) is 1. The van der Waals surface area contributed by atoms with Gasteiger partial charge in [0, 0.05) is 12.6 Å². The van der Waals surface area contributed by atoms with Crippen LogP contribution >= 0.6 is 0 Å². The molecule has 16 heteroatoms. The minimum atomic E-state index is -4.90. The molecule has 0 fully saturated rings. The van der Waals surface area contributed by atoms with Gasteiger partial charge in [-0.05, 0) is 13.0 Å². The lowest BCUT2D eigenvalue weighted by Gasteiger charge is -2.28. The molecule has 1 N–H and O–H groups in total. The third kappa shape index (κ3) is 3.84. The first-order valence-corrected chi connectivity index (χ1v) is 9.01. The van der Waals surface area contributed by atoms with Crippen LogP contribution in [0, 0.1) is 0 Å². The Morgan fingerprint density at radius 3 is 2.58 bits per heavy atom. The summed E-state index contributed by atoms with van der Waals surface area (Å²) >= 11 is 0. The van der Waals surface area contributed by atoms with Gasteiger partial charge in [-0.25, -0.2) is 23.1 Å². The summed E-state index contributed by atoms with van der Waals surface area (Å²) < 4.78 is 97.8. The van der Waals surface area contributed by atoms with E-state index in [9.17, 15) is 35.5 Å². The number of ether oxygens (including phenoxy) is 1. The smallest absolute Gasteiger partial charge is 0.401 e. The zero-order chi connectivity index (χ0) is 24.1. The van der Waals surface area contributed by atoms with Gasteiger partial charge < -0.3 is 10.1 Å². The Labute approximate surface area is 179 Å². The van der Waals surface area contributed by atoms with E-state index in [0.717, 1.165) is 31.5 Å². The van der Waals surface area contributed by atoms with E-state index in [1.807, 2.05) is 0 Å². The van der Waals surface area contributed by atoms with Crippen molar-refractivity contribution in [2.45, 2.75) is 31.6 Å². The zero-order valence-electron chi connectivity index (χ0n) is 16.3. The molecule has 1 atom stereocenters. The van der Waals surface area contributed by atoms with Crippen LogP contribution in [0.15, 0.2) is 24.5 Å². The van der Waals surface area contributed by atoms with Crippen molar-refractivity contribution >= 4 is 23.1 Å². The Morgan fingerprint density at radius 1 is 1.21 bits per heavy atom. The molecular weight excluding hydrogens is 467 g/mol. The molecule has 33 heavy (non-hydrogen) atoms. The van der Waals surface area contributed by atoms with Crippen LogP contribution in [0.5, 0.6) is 5.88 Å². The number of aromatic nitrogens is 5. The van der Waals surface area contributed by atoms with Crippen LogP contribution in [0.4, 0.5) is 46.9 Å². The number of alkyl halides is 7. The largest absolute Gasteiger partial charge is 0.415 e. The van der Waals surface area contributed by atoms with Crippen molar-refractivity contribution in [1.82, 2.24) is 24.8 Å². The highest BCUT2D eigenvalue weighted by Crippen LogP contribution is 2.50. The number of carbonyl (C=O) groups is 1. The van der Waals surface area contributed by atoms with Crippen LogP contribution < -0.4 is 15.0 Å². The molecule has 1 aliphatic rings. The van der Waals surface area contributed by atoms with E-state index in [1.54, 1.807) is 0 Å². The molecule has 3 aromatic heterocycles. The van der Waals surface area contributed by atoms with E-state index in [0.29, 0.717) is 9.42 Å². The van der Waals surface area contributed by atoms with Crippen molar-refractivity contribution in [3.63, 3.8) is 0 Å². The summed E-state index contributed by atoms with van der Waals surface area (Å²) in [5.74, 6) is -0.666. The van der Waals surface area contributed by atoms with Crippen molar-refractivity contribution in [2.75, 3.05) is 16.8 Å². The summed E-state index contributed by atoms with van der Waals surface area (Å²) in [5.41, 5.74) is -4.74. The monoisotopic (exact) mass is 479 g/mol. The third-order valence-corrected chi connectivity index (χ3v) is 4.96. The van der Waals surface area contributed by atoms with Crippen LogP contribution in [0.3, 0.4) is 0 Å². The minimum absolute atomic E-state index is 0.220. The first kappa shape index (κ1) is 22.5. The van der Waals surface area contributed by atoms with Crippen molar-refractivity contribution in [3.8, 4) is 5.88 Å².